The van der Waals surface area contributed by atoms with E-state index in [4.69, 9.17) is 0 Å². The summed E-state index contributed by atoms with van der Waals surface area (Å²) in [6.45, 7) is 0.947. The first-order valence-corrected chi connectivity index (χ1v) is 10.8. The predicted octanol–water partition coefficient (Wildman–Crippen LogP) is 3.39. The molecule has 5 heterocycles. The molecule has 5 aromatic rings. The van der Waals surface area contributed by atoms with Gasteiger partial charge in [-0.25, -0.2) is 19.9 Å². The summed E-state index contributed by atoms with van der Waals surface area (Å²) in [7, 11) is 0. The summed E-state index contributed by atoms with van der Waals surface area (Å²) in [5.41, 5.74) is 0. The van der Waals surface area contributed by atoms with Gasteiger partial charge in [0.1, 0.15) is 29.6 Å². The molecule has 150 valence electrons. The summed E-state index contributed by atoms with van der Waals surface area (Å²) in [6.07, 6.45) is 1.50. The van der Waals surface area contributed by atoms with Crippen LogP contribution in [0.25, 0.3) is 21.4 Å². The van der Waals surface area contributed by atoms with Crippen LogP contribution in [0.2, 0.25) is 0 Å². The smallest absolute Gasteiger partial charge is 0.191 e. The second-order valence-electron chi connectivity index (χ2n) is 6.16. The quantitative estimate of drug-likeness (QED) is 0.291. The first-order valence-electron chi connectivity index (χ1n) is 9.03. The van der Waals surface area contributed by atoms with E-state index in [-0.39, 0.29) is 0 Å². The lowest BCUT2D eigenvalue weighted by Gasteiger charge is -2.06. The van der Waals surface area contributed by atoms with E-state index >= 15 is 0 Å². The molecule has 0 unspecified atom stereocenters. The van der Waals surface area contributed by atoms with Gasteiger partial charge in [-0.05, 0) is 22.9 Å². The number of thiophene rings is 2. The molecule has 5 aromatic heterocycles. The molecule has 4 N–H and O–H groups in total. The fraction of sp³-hybridized carbons (Fsp3) is 0.111. The van der Waals surface area contributed by atoms with Crippen molar-refractivity contribution in [3.63, 3.8) is 0 Å². The second-order valence-corrected chi connectivity index (χ2v) is 8.06. The van der Waals surface area contributed by atoms with Gasteiger partial charge in [0.05, 0.1) is 22.8 Å². The third-order valence-corrected chi connectivity index (χ3v) is 5.82. The Morgan fingerprint density at radius 2 is 1.30 bits per heavy atom. The van der Waals surface area contributed by atoms with Crippen LogP contribution in [-0.2, 0) is 13.1 Å². The fourth-order valence-corrected chi connectivity index (χ4v) is 4.00. The summed E-state index contributed by atoms with van der Waals surface area (Å²) in [5, 5.41) is 24.8. The van der Waals surface area contributed by atoms with Crippen molar-refractivity contribution >= 4 is 34.3 Å². The first kappa shape index (κ1) is 18.4. The summed E-state index contributed by atoms with van der Waals surface area (Å²) in [4.78, 5) is 19.5. The molecule has 12 heteroatoms. The number of hydrogen-bond acceptors (Lipinski definition) is 10. The van der Waals surface area contributed by atoms with E-state index < -0.39 is 0 Å². The molecular weight excluding hydrogens is 420 g/mol. The lowest BCUT2D eigenvalue weighted by Crippen LogP contribution is -2.06. The monoisotopic (exact) mass is 436 g/mol. The number of anilines is 2. The number of aromatic nitrogens is 8. The standard InChI is InChI=1S/C18H16N10S2/c1-3-11(29-5-1)17-23-15(25-27-17)8-19-13-7-14(22-10-21-13)20-9-16-24-18(28-26-16)12-4-2-6-30-12/h1-7,10H,8-9H2,(H,23,25,27)(H,24,26,28)(H2,19,20,21,22). The Kier molecular flexibility index (Phi) is 5.14. The summed E-state index contributed by atoms with van der Waals surface area (Å²) in [5.74, 6) is 4.21. The van der Waals surface area contributed by atoms with Crippen molar-refractivity contribution in [1.29, 1.82) is 0 Å². The van der Waals surface area contributed by atoms with Crippen LogP contribution in [0.4, 0.5) is 11.6 Å². The highest BCUT2D eigenvalue weighted by atomic mass is 32.1. The number of hydrogen-bond donors (Lipinski definition) is 4. The molecule has 0 aliphatic heterocycles. The van der Waals surface area contributed by atoms with Gasteiger partial charge in [-0.15, -0.1) is 22.7 Å². The van der Waals surface area contributed by atoms with Crippen LogP contribution in [0.15, 0.2) is 47.4 Å². The number of rotatable bonds is 8. The minimum atomic E-state index is 0.473. The Morgan fingerprint density at radius 3 is 1.77 bits per heavy atom. The molecule has 0 atom stereocenters. The minimum absolute atomic E-state index is 0.473. The van der Waals surface area contributed by atoms with Gasteiger partial charge >= 0.3 is 0 Å². The van der Waals surface area contributed by atoms with Gasteiger partial charge in [-0.3, -0.25) is 10.2 Å². The van der Waals surface area contributed by atoms with Crippen molar-refractivity contribution in [3.8, 4) is 21.4 Å². The molecule has 0 spiro atoms. The SMILES string of the molecule is c1csc(-c2n[nH]c(CNc3cc(NCc4nc(-c5cccs5)n[nH]4)ncn3)n2)c1. The molecule has 0 aliphatic rings. The minimum Gasteiger partial charge on any atom is -0.363 e. The van der Waals surface area contributed by atoms with Crippen molar-refractivity contribution in [2.24, 2.45) is 0 Å². The molecule has 0 aromatic carbocycles. The third-order valence-electron chi connectivity index (χ3n) is 4.09. The highest BCUT2D eigenvalue weighted by molar-refractivity contribution is 7.13. The van der Waals surface area contributed by atoms with Crippen LogP contribution in [0.5, 0.6) is 0 Å². The lowest BCUT2D eigenvalue weighted by atomic mass is 10.4. The Bertz CT molecular complexity index is 1120. The Balaban J connectivity index is 1.18. The van der Waals surface area contributed by atoms with E-state index in [1.807, 2.05) is 41.1 Å². The maximum atomic E-state index is 4.49. The van der Waals surface area contributed by atoms with Gasteiger partial charge in [0.2, 0.25) is 0 Å². The van der Waals surface area contributed by atoms with Crippen molar-refractivity contribution in [3.05, 3.63) is 59.1 Å². The fourth-order valence-electron chi connectivity index (χ4n) is 2.68. The zero-order chi connectivity index (χ0) is 20.2. The van der Waals surface area contributed by atoms with Crippen LogP contribution in [-0.4, -0.2) is 40.3 Å². The van der Waals surface area contributed by atoms with Gasteiger partial charge in [-0.1, -0.05) is 12.1 Å². The highest BCUT2D eigenvalue weighted by Crippen LogP contribution is 2.21. The Hall–Kier alpha value is -3.64. The van der Waals surface area contributed by atoms with E-state index in [0.29, 0.717) is 36.4 Å². The molecule has 0 saturated carbocycles. The largest absolute Gasteiger partial charge is 0.363 e. The summed E-state index contributed by atoms with van der Waals surface area (Å²) >= 11 is 3.21. The predicted molar refractivity (Wildman–Crippen MR) is 116 cm³/mol. The molecular formula is C18H16N10S2. The molecule has 0 saturated heterocycles. The van der Waals surface area contributed by atoms with Crippen LogP contribution in [0.3, 0.4) is 0 Å². The topological polar surface area (TPSA) is 133 Å². The Morgan fingerprint density at radius 1 is 0.767 bits per heavy atom. The molecule has 0 amide bonds. The van der Waals surface area contributed by atoms with Crippen molar-refractivity contribution in [2.45, 2.75) is 13.1 Å². The van der Waals surface area contributed by atoms with E-state index in [1.54, 1.807) is 22.7 Å². The zero-order valence-corrected chi connectivity index (χ0v) is 17.2. The van der Waals surface area contributed by atoms with Gasteiger partial charge in [0, 0.05) is 6.07 Å². The van der Waals surface area contributed by atoms with Crippen molar-refractivity contribution < 1.29 is 0 Å². The molecule has 0 aliphatic carbocycles. The van der Waals surface area contributed by atoms with E-state index in [1.165, 1.54) is 6.33 Å². The van der Waals surface area contributed by atoms with E-state index in [2.05, 4.69) is 51.0 Å². The average Bonchev–Trinajstić information content (AvgIpc) is 3.57. The third kappa shape index (κ3) is 4.18. The normalized spacial score (nSPS) is 10.9. The van der Waals surface area contributed by atoms with Crippen molar-refractivity contribution in [1.82, 2.24) is 40.3 Å². The molecule has 0 fully saturated rings. The number of H-pyrrole nitrogens is 2. The molecule has 5 rings (SSSR count). The zero-order valence-electron chi connectivity index (χ0n) is 15.5. The van der Waals surface area contributed by atoms with Crippen molar-refractivity contribution in [2.75, 3.05) is 10.6 Å². The first-order chi connectivity index (χ1) is 14.8. The van der Waals surface area contributed by atoms with E-state index in [9.17, 15) is 0 Å². The summed E-state index contributed by atoms with van der Waals surface area (Å²) in [6, 6.07) is 9.76. The number of nitrogens with zero attached hydrogens (tertiary/aromatic N) is 6. The van der Waals surface area contributed by atoms with Gasteiger partial charge in [0.25, 0.3) is 0 Å². The van der Waals surface area contributed by atoms with E-state index in [0.717, 1.165) is 21.4 Å². The molecule has 0 bridgehead atoms. The maximum absolute atomic E-state index is 4.49. The number of aromatic amines is 2. The molecule has 30 heavy (non-hydrogen) atoms. The maximum Gasteiger partial charge on any atom is 0.191 e. The summed E-state index contributed by atoms with van der Waals surface area (Å²) < 4.78 is 0. The van der Waals surface area contributed by atoms with Crippen LogP contribution in [0, 0.1) is 0 Å². The second kappa shape index (κ2) is 8.39. The van der Waals surface area contributed by atoms with Gasteiger partial charge in [0.15, 0.2) is 11.6 Å². The molecule has 10 nitrogen and oxygen atoms in total. The number of nitrogens with one attached hydrogen (secondary N) is 4. The molecule has 0 radical (unpaired) electrons. The van der Waals surface area contributed by atoms with Gasteiger partial charge in [-0.2, -0.15) is 10.2 Å². The average molecular weight is 437 g/mol. The van der Waals surface area contributed by atoms with Crippen LogP contribution >= 0.6 is 22.7 Å². The highest BCUT2D eigenvalue weighted by Gasteiger charge is 2.09. The lowest BCUT2D eigenvalue weighted by molar-refractivity contribution is 0.935. The Labute approximate surface area is 178 Å². The van der Waals surface area contributed by atoms with Crippen LogP contribution in [0.1, 0.15) is 11.6 Å². The van der Waals surface area contributed by atoms with Gasteiger partial charge < -0.3 is 10.6 Å². The van der Waals surface area contributed by atoms with Crippen LogP contribution < -0.4 is 10.6 Å².